The second-order valence-corrected chi connectivity index (χ2v) is 13.7. The van der Waals surface area contributed by atoms with Crippen LogP contribution >= 0.6 is 0 Å². The summed E-state index contributed by atoms with van der Waals surface area (Å²) in [6.07, 6.45) is 1.59. The zero-order valence-corrected chi connectivity index (χ0v) is 27.5. The Bertz CT molecular complexity index is 1650. The van der Waals surface area contributed by atoms with Gasteiger partial charge < -0.3 is 30.5 Å². The molecule has 1 unspecified atom stereocenters. The molecule has 1 aliphatic rings. The molecule has 0 bridgehead atoms. The standard InChI is InChI=1S/C34H43N5O6S/c1-25-8-6-10-28(18-25)24-45-32-13-5-4-12-31(32)39(23-34(42)38-17-16-37(26(2)40)20-29(35)21-38)22-33(41)36-15-14-27-9-7-11-30(19-27)46(3,43)44/h4-13,18-19,29H,14-17,20-24,35H2,1-3H3,(H,36,41). The molecule has 12 heteroatoms. The third-order valence-corrected chi connectivity index (χ3v) is 8.86. The van der Waals surface area contributed by atoms with E-state index in [-0.39, 0.29) is 42.3 Å². The minimum Gasteiger partial charge on any atom is -0.487 e. The van der Waals surface area contributed by atoms with E-state index in [4.69, 9.17) is 10.5 Å². The van der Waals surface area contributed by atoms with Gasteiger partial charge in [-0.1, -0.05) is 54.1 Å². The number of amides is 3. The van der Waals surface area contributed by atoms with Crippen LogP contribution in [0.1, 0.15) is 23.6 Å². The fourth-order valence-electron chi connectivity index (χ4n) is 5.36. The number of nitrogens with zero attached hydrogens (tertiary/aromatic N) is 3. The van der Waals surface area contributed by atoms with Gasteiger partial charge >= 0.3 is 0 Å². The zero-order chi connectivity index (χ0) is 33.3. The van der Waals surface area contributed by atoms with Gasteiger partial charge in [0, 0.05) is 51.9 Å². The Morgan fingerprint density at radius 1 is 0.935 bits per heavy atom. The summed E-state index contributed by atoms with van der Waals surface area (Å²) in [6.45, 7) is 5.23. The van der Waals surface area contributed by atoms with Crippen molar-refractivity contribution in [2.45, 2.75) is 37.8 Å². The number of ether oxygens (including phenoxy) is 1. The van der Waals surface area contributed by atoms with Crippen molar-refractivity contribution in [1.29, 1.82) is 0 Å². The number of anilines is 1. The first-order valence-electron chi connectivity index (χ1n) is 15.3. The quantitative estimate of drug-likeness (QED) is 0.304. The van der Waals surface area contributed by atoms with E-state index in [1.54, 1.807) is 32.9 Å². The normalized spacial score (nSPS) is 15.2. The Kier molecular flexibility index (Phi) is 11.8. The molecule has 1 aliphatic heterocycles. The average Bonchev–Trinajstić information content (AvgIpc) is 3.21. The number of sulfone groups is 1. The summed E-state index contributed by atoms with van der Waals surface area (Å²) in [6, 6.07) is 21.5. The van der Waals surface area contributed by atoms with Gasteiger partial charge in [-0.25, -0.2) is 8.42 Å². The summed E-state index contributed by atoms with van der Waals surface area (Å²) < 4.78 is 30.1. The summed E-state index contributed by atoms with van der Waals surface area (Å²) in [5.74, 6) is -0.0982. The minimum absolute atomic E-state index is 0.0919. The zero-order valence-electron chi connectivity index (χ0n) is 26.6. The van der Waals surface area contributed by atoms with Gasteiger partial charge in [-0.3, -0.25) is 14.4 Å². The number of nitrogens with two attached hydrogens (primary N) is 1. The van der Waals surface area contributed by atoms with Crippen LogP contribution in [0.3, 0.4) is 0 Å². The molecule has 0 saturated carbocycles. The van der Waals surface area contributed by atoms with E-state index in [0.29, 0.717) is 50.6 Å². The molecule has 3 aromatic rings. The molecule has 11 nitrogen and oxygen atoms in total. The number of benzene rings is 3. The number of para-hydroxylation sites is 2. The van der Waals surface area contributed by atoms with Gasteiger partial charge in [0.05, 0.1) is 23.7 Å². The van der Waals surface area contributed by atoms with Crippen molar-refractivity contribution in [3.63, 3.8) is 0 Å². The summed E-state index contributed by atoms with van der Waals surface area (Å²) in [7, 11) is -3.35. The second-order valence-electron chi connectivity index (χ2n) is 11.7. The molecule has 246 valence electrons. The average molecular weight is 650 g/mol. The predicted octanol–water partition coefficient (Wildman–Crippen LogP) is 2.16. The van der Waals surface area contributed by atoms with Gasteiger partial charge in [0.15, 0.2) is 9.84 Å². The molecule has 3 N–H and O–H groups in total. The van der Waals surface area contributed by atoms with E-state index in [9.17, 15) is 22.8 Å². The van der Waals surface area contributed by atoms with Crippen molar-refractivity contribution in [3.05, 3.63) is 89.5 Å². The molecule has 0 radical (unpaired) electrons. The lowest BCUT2D eigenvalue weighted by Gasteiger charge is -2.29. The van der Waals surface area contributed by atoms with E-state index >= 15 is 0 Å². The lowest BCUT2D eigenvalue weighted by atomic mass is 10.1. The molecule has 1 heterocycles. The fourth-order valence-corrected chi connectivity index (χ4v) is 6.05. The molecule has 46 heavy (non-hydrogen) atoms. The Labute approximate surface area is 271 Å². The second kappa shape index (κ2) is 15.7. The van der Waals surface area contributed by atoms with Crippen molar-refractivity contribution in [2.24, 2.45) is 5.73 Å². The first-order valence-corrected chi connectivity index (χ1v) is 17.1. The van der Waals surface area contributed by atoms with Crippen molar-refractivity contribution >= 4 is 33.2 Å². The first-order chi connectivity index (χ1) is 21.9. The topological polar surface area (TPSA) is 142 Å². The third kappa shape index (κ3) is 10.0. The molecule has 1 atom stereocenters. The van der Waals surface area contributed by atoms with Crippen LogP contribution in [0, 0.1) is 6.92 Å². The summed E-state index contributed by atoms with van der Waals surface area (Å²) in [4.78, 5) is 44.1. The molecule has 4 rings (SSSR count). The number of carbonyl (C=O) groups excluding carboxylic acids is 3. The summed E-state index contributed by atoms with van der Waals surface area (Å²) >= 11 is 0. The van der Waals surface area contributed by atoms with Crippen LogP contribution in [-0.2, 0) is 37.2 Å². The van der Waals surface area contributed by atoms with E-state index in [1.807, 2.05) is 61.5 Å². The van der Waals surface area contributed by atoms with Crippen molar-refractivity contribution in [3.8, 4) is 5.75 Å². The minimum atomic E-state index is -3.35. The number of rotatable bonds is 12. The van der Waals surface area contributed by atoms with Crippen LogP contribution in [0.4, 0.5) is 5.69 Å². The Hall–Kier alpha value is -4.42. The van der Waals surface area contributed by atoms with Crippen LogP contribution < -0.4 is 20.7 Å². The van der Waals surface area contributed by atoms with Crippen LogP contribution in [0.25, 0.3) is 0 Å². The van der Waals surface area contributed by atoms with Crippen LogP contribution in [-0.4, -0.2) is 94.1 Å². The predicted molar refractivity (Wildman–Crippen MR) is 177 cm³/mol. The number of nitrogens with one attached hydrogen (secondary N) is 1. The summed E-state index contributed by atoms with van der Waals surface area (Å²) in [5.41, 5.74) is 9.73. The highest BCUT2D eigenvalue weighted by molar-refractivity contribution is 7.90. The monoisotopic (exact) mass is 649 g/mol. The largest absolute Gasteiger partial charge is 0.487 e. The molecular formula is C34H43N5O6S. The molecule has 0 aliphatic carbocycles. The number of hydrogen-bond acceptors (Lipinski definition) is 8. The van der Waals surface area contributed by atoms with E-state index in [1.165, 1.54) is 6.92 Å². The highest BCUT2D eigenvalue weighted by Gasteiger charge is 2.27. The molecule has 1 fully saturated rings. The van der Waals surface area contributed by atoms with Crippen LogP contribution in [0.5, 0.6) is 5.75 Å². The van der Waals surface area contributed by atoms with E-state index in [0.717, 1.165) is 22.9 Å². The first kappa shape index (κ1) is 34.5. The lowest BCUT2D eigenvalue weighted by Crippen LogP contribution is -2.48. The highest BCUT2D eigenvalue weighted by Crippen LogP contribution is 2.29. The van der Waals surface area contributed by atoms with Crippen LogP contribution in [0.15, 0.2) is 77.7 Å². The summed E-state index contributed by atoms with van der Waals surface area (Å²) in [5, 5.41) is 2.90. The van der Waals surface area contributed by atoms with Gasteiger partial charge in [-0.2, -0.15) is 0 Å². The maximum atomic E-state index is 13.7. The Balaban J connectivity index is 1.50. The molecule has 0 aromatic heterocycles. The maximum absolute atomic E-state index is 13.7. The van der Waals surface area contributed by atoms with Crippen molar-refractivity contribution in [2.75, 3.05) is 57.0 Å². The molecule has 3 amide bonds. The Morgan fingerprint density at radius 3 is 2.37 bits per heavy atom. The fraction of sp³-hybridized carbons (Fsp3) is 0.382. The van der Waals surface area contributed by atoms with Gasteiger partial charge in [0.1, 0.15) is 12.4 Å². The van der Waals surface area contributed by atoms with E-state index < -0.39 is 15.9 Å². The van der Waals surface area contributed by atoms with Crippen molar-refractivity contribution in [1.82, 2.24) is 15.1 Å². The molecule has 1 saturated heterocycles. The SMILES string of the molecule is CC(=O)N1CCN(C(=O)CN(CC(=O)NCCc2cccc(S(C)(=O)=O)c2)c2ccccc2OCc2cccc(C)c2)CC(N)C1. The van der Waals surface area contributed by atoms with Crippen molar-refractivity contribution < 1.29 is 27.5 Å². The van der Waals surface area contributed by atoms with Crippen LogP contribution in [0.2, 0.25) is 0 Å². The molecule has 3 aromatic carbocycles. The van der Waals surface area contributed by atoms with Gasteiger partial charge in [-0.05, 0) is 48.7 Å². The van der Waals surface area contributed by atoms with Gasteiger partial charge in [0.2, 0.25) is 17.7 Å². The number of aryl methyl sites for hydroxylation is 1. The Morgan fingerprint density at radius 2 is 1.63 bits per heavy atom. The number of hydrogen-bond donors (Lipinski definition) is 2. The molecular weight excluding hydrogens is 606 g/mol. The van der Waals surface area contributed by atoms with Gasteiger partial charge in [-0.15, -0.1) is 0 Å². The number of carbonyl (C=O) groups is 3. The van der Waals surface area contributed by atoms with E-state index in [2.05, 4.69) is 5.32 Å². The third-order valence-electron chi connectivity index (χ3n) is 7.75. The highest BCUT2D eigenvalue weighted by atomic mass is 32.2. The smallest absolute Gasteiger partial charge is 0.242 e. The molecule has 0 spiro atoms. The van der Waals surface area contributed by atoms with Gasteiger partial charge in [0.25, 0.3) is 0 Å². The lowest BCUT2D eigenvalue weighted by molar-refractivity contribution is -0.131. The maximum Gasteiger partial charge on any atom is 0.242 e.